The number of aromatic amines is 1. The Kier molecular flexibility index (Phi) is 7.58. The molecule has 0 bridgehead atoms. The van der Waals surface area contributed by atoms with E-state index in [1.54, 1.807) is 30.7 Å². The molecule has 39 heavy (non-hydrogen) atoms. The van der Waals surface area contributed by atoms with Crippen molar-refractivity contribution in [3.63, 3.8) is 0 Å². The van der Waals surface area contributed by atoms with Crippen molar-refractivity contribution in [2.75, 3.05) is 38.0 Å². The summed E-state index contributed by atoms with van der Waals surface area (Å²) in [6.07, 6.45) is 1.82. The van der Waals surface area contributed by atoms with Crippen molar-refractivity contribution in [3.8, 4) is 11.8 Å². The second-order valence-corrected chi connectivity index (χ2v) is 9.23. The van der Waals surface area contributed by atoms with Gasteiger partial charge in [0, 0.05) is 61.6 Å². The highest BCUT2D eigenvalue weighted by Gasteiger charge is 2.34. The van der Waals surface area contributed by atoms with E-state index in [9.17, 15) is 18.0 Å². The Balaban J connectivity index is 1.31. The predicted octanol–water partition coefficient (Wildman–Crippen LogP) is 4.16. The molecule has 1 amide bonds. The van der Waals surface area contributed by atoms with E-state index in [1.807, 2.05) is 4.90 Å². The molecule has 1 aliphatic heterocycles. The molecule has 0 radical (unpaired) electrons. The number of rotatable bonds is 5. The fourth-order valence-electron chi connectivity index (χ4n) is 4.49. The Labute approximate surface area is 223 Å². The summed E-state index contributed by atoms with van der Waals surface area (Å²) in [7, 11) is 0. The average molecular weight is 534 g/mol. The monoisotopic (exact) mass is 533 g/mol. The normalized spacial score (nSPS) is 14.7. The molecular weight excluding hydrogens is 507 g/mol. The Morgan fingerprint density at radius 3 is 2.62 bits per heavy atom. The van der Waals surface area contributed by atoms with Crippen LogP contribution in [-0.2, 0) is 12.7 Å². The van der Waals surface area contributed by atoms with Gasteiger partial charge in [-0.15, -0.1) is 0 Å². The zero-order chi connectivity index (χ0) is 27.4. The fraction of sp³-hybridized carbons (Fsp3) is 0.286. The highest BCUT2D eigenvalue weighted by Crippen LogP contribution is 2.33. The molecule has 1 aliphatic rings. The van der Waals surface area contributed by atoms with Crippen molar-refractivity contribution in [3.05, 3.63) is 82.9 Å². The summed E-state index contributed by atoms with van der Waals surface area (Å²) in [6.45, 7) is 6.22. The third-order valence-electron chi connectivity index (χ3n) is 6.69. The standard InChI is InChI=1S/C28H26F3N7O/c1-2-37-9-11-38(12-10-37)18-22-6-5-20(14-24(22)28(29,30)31)27(39)35-26-13-19(7-8-33-26)3-4-21-15-32-17-25-23(21)16-34-36-25/h5-8,13-17H,2,9-12,18H2,1H3,(H,34,36)(H,33,35,39). The number of nitrogens with zero attached hydrogens (tertiary/aromatic N) is 5. The van der Waals surface area contributed by atoms with Crippen LogP contribution in [-0.4, -0.2) is 68.6 Å². The van der Waals surface area contributed by atoms with Crippen molar-refractivity contribution >= 4 is 22.6 Å². The van der Waals surface area contributed by atoms with Crippen LogP contribution >= 0.6 is 0 Å². The fourth-order valence-corrected chi connectivity index (χ4v) is 4.49. The number of carbonyl (C=O) groups is 1. The number of pyridine rings is 2. The Morgan fingerprint density at radius 1 is 1.05 bits per heavy atom. The average Bonchev–Trinajstić information content (AvgIpc) is 3.42. The van der Waals surface area contributed by atoms with Crippen LogP contribution in [0.4, 0.5) is 19.0 Å². The number of hydrogen-bond acceptors (Lipinski definition) is 6. The number of carbonyl (C=O) groups excluding carboxylic acids is 1. The first-order valence-electron chi connectivity index (χ1n) is 12.5. The lowest BCUT2D eigenvalue weighted by atomic mass is 10.0. The van der Waals surface area contributed by atoms with E-state index in [0.717, 1.165) is 36.6 Å². The topological polar surface area (TPSA) is 90.0 Å². The van der Waals surface area contributed by atoms with Crippen LogP contribution in [0.3, 0.4) is 0 Å². The SMILES string of the molecule is CCN1CCN(Cc2ccc(C(=O)Nc3cc(C#Cc4cncc5[nH]ncc45)ccn3)cc2C(F)(F)F)CC1. The number of piperazine rings is 1. The van der Waals surface area contributed by atoms with E-state index >= 15 is 0 Å². The minimum atomic E-state index is -4.59. The molecule has 4 aromatic rings. The number of likely N-dealkylation sites (N-methyl/N-ethyl adjacent to an activating group) is 1. The van der Waals surface area contributed by atoms with Gasteiger partial charge >= 0.3 is 6.18 Å². The molecule has 4 heterocycles. The van der Waals surface area contributed by atoms with Gasteiger partial charge in [-0.3, -0.25) is 19.8 Å². The molecule has 11 heteroatoms. The maximum absolute atomic E-state index is 13.9. The molecule has 8 nitrogen and oxygen atoms in total. The largest absolute Gasteiger partial charge is 0.416 e. The molecular formula is C28H26F3N7O. The summed E-state index contributed by atoms with van der Waals surface area (Å²) in [5.74, 6) is 5.52. The number of nitrogens with one attached hydrogen (secondary N) is 2. The number of anilines is 1. The zero-order valence-electron chi connectivity index (χ0n) is 21.2. The van der Waals surface area contributed by atoms with Crippen LogP contribution in [0.1, 0.15) is 39.5 Å². The number of benzene rings is 1. The number of H-pyrrole nitrogens is 1. The Bertz CT molecular complexity index is 1550. The molecule has 0 atom stereocenters. The number of hydrogen-bond donors (Lipinski definition) is 2. The van der Waals surface area contributed by atoms with Crippen LogP contribution in [0.15, 0.2) is 55.1 Å². The summed E-state index contributed by atoms with van der Waals surface area (Å²) < 4.78 is 41.8. The third kappa shape index (κ3) is 6.25. The predicted molar refractivity (Wildman–Crippen MR) is 141 cm³/mol. The quantitative estimate of drug-likeness (QED) is 0.375. The maximum atomic E-state index is 13.9. The summed E-state index contributed by atoms with van der Waals surface area (Å²) in [5.41, 5.74) is 1.25. The summed E-state index contributed by atoms with van der Waals surface area (Å²) in [5, 5.41) is 10.2. The van der Waals surface area contributed by atoms with E-state index < -0.39 is 17.6 Å². The molecule has 5 rings (SSSR count). The van der Waals surface area contributed by atoms with E-state index in [4.69, 9.17) is 0 Å². The lowest BCUT2D eigenvalue weighted by Crippen LogP contribution is -2.45. The smallest absolute Gasteiger partial charge is 0.307 e. The van der Waals surface area contributed by atoms with Gasteiger partial charge in [0.05, 0.1) is 29.0 Å². The molecule has 1 saturated heterocycles. The first kappa shape index (κ1) is 26.3. The third-order valence-corrected chi connectivity index (χ3v) is 6.69. The number of amides is 1. The molecule has 0 spiro atoms. The Hall–Kier alpha value is -4.27. The molecule has 1 fully saturated rings. The van der Waals surface area contributed by atoms with E-state index in [0.29, 0.717) is 24.2 Å². The zero-order valence-corrected chi connectivity index (χ0v) is 21.2. The van der Waals surface area contributed by atoms with E-state index in [1.165, 1.54) is 18.3 Å². The van der Waals surface area contributed by atoms with E-state index in [-0.39, 0.29) is 23.5 Å². The first-order valence-corrected chi connectivity index (χ1v) is 12.5. The van der Waals surface area contributed by atoms with Gasteiger partial charge in [-0.05, 0) is 36.4 Å². The van der Waals surface area contributed by atoms with Crippen LogP contribution in [0.2, 0.25) is 0 Å². The maximum Gasteiger partial charge on any atom is 0.416 e. The van der Waals surface area contributed by atoms with Gasteiger partial charge in [-0.2, -0.15) is 18.3 Å². The van der Waals surface area contributed by atoms with Crippen molar-refractivity contribution in [2.24, 2.45) is 0 Å². The van der Waals surface area contributed by atoms with Crippen molar-refractivity contribution in [1.82, 2.24) is 30.0 Å². The van der Waals surface area contributed by atoms with Crippen molar-refractivity contribution < 1.29 is 18.0 Å². The Morgan fingerprint density at radius 2 is 1.85 bits per heavy atom. The summed E-state index contributed by atoms with van der Waals surface area (Å²) in [4.78, 5) is 25.4. The van der Waals surface area contributed by atoms with Crippen LogP contribution in [0.5, 0.6) is 0 Å². The highest BCUT2D eigenvalue weighted by molar-refractivity contribution is 6.04. The van der Waals surface area contributed by atoms with Gasteiger partial charge in [0.2, 0.25) is 0 Å². The highest BCUT2D eigenvalue weighted by atomic mass is 19.4. The molecule has 3 aromatic heterocycles. The van der Waals surface area contributed by atoms with Gasteiger partial charge in [-0.25, -0.2) is 4.98 Å². The number of fused-ring (bicyclic) bond motifs is 1. The van der Waals surface area contributed by atoms with Crippen molar-refractivity contribution in [2.45, 2.75) is 19.6 Å². The lowest BCUT2D eigenvalue weighted by Gasteiger charge is -2.34. The van der Waals surface area contributed by atoms with Gasteiger partial charge in [0.15, 0.2) is 0 Å². The van der Waals surface area contributed by atoms with Crippen LogP contribution in [0.25, 0.3) is 10.9 Å². The van der Waals surface area contributed by atoms with E-state index in [2.05, 4.69) is 49.1 Å². The van der Waals surface area contributed by atoms with Gasteiger partial charge in [0.1, 0.15) is 5.82 Å². The molecule has 2 N–H and O–H groups in total. The van der Waals surface area contributed by atoms with Crippen LogP contribution in [0, 0.1) is 11.8 Å². The molecule has 0 unspecified atom stereocenters. The second kappa shape index (κ2) is 11.2. The molecule has 200 valence electrons. The van der Waals surface area contributed by atoms with Gasteiger partial charge in [0.25, 0.3) is 5.91 Å². The van der Waals surface area contributed by atoms with Crippen molar-refractivity contribution in [1.29, 1.82) is 0 Å². The molecule has 0 saturated carbocycles. The number of halogens is 3. The van der Waals surface area contributed by atoms with Gasteiger partial charge < -0.3 is 10.2 Å². The number of aromatic nitrogens is 4. The summed E-state index contributed by atoms with van der Waals surface area (Å²) in [6, 6.07) is 6.95. The molecule has 1 aromatic carbocycles. The second-order valence-electron chi connectivity index (χ2n) is 9.23. The van der Waals surface area contributed by atoms with Crippen LogP contribution < -0.4 is 5.32 Å². The molecule has 0 aliphatic carbocycles. The lowest BCUT2D eigenvalue weighted by molar-refractivity contribution is -0.138. The first-order chi connectivity index (χ1) is 18.8. The minimum Gasteiger partial charge on any atom is -0.307 e. The summed E-state index contributed by atoms with van der Waals surface area (Å²) >= 11 is 0. The van der Waals surface area contributed by atoms with Gasteiger partial charge in [-0.1, -0.05) is 24.8 Å². The minimum absolute atomic E-state index is 0.0992. The number of alkyl halides is 3.